The van der Waals surface area contributed by atoms with E-state index in [2.05, 4.69) is 22.4 Å². The van der Waals surface area contributed by atoms with Crippen LogP contribution in [0.4, 0.5) is 4.79 Å². The highest BCUT2D eigenvalue weighted by Crippen LogP contribution is 2.14. The minimum absolute atomic E-state index is 0.377. The lowest BCUT2D eigenvalue weighted by molar-refractivity contribution is -0.109. The third-order valence-electron chi connectivity index (χ3n) is 3.78. The summed E-state index contributed by atoms with van der Waals surface area (Å²) in [7, 11) is 0. The number of nitrogens with zero attached hydrogens (tertiary/aromatic N) is 1. The highest BCUT2D eigenvalue weighted by Gasteiger charge is 2.19. The molecule has 5 heteroatoms. The van der Waals surface area contributed by atoms with Gasteiger partial charge in [-0.25, -0.2) is 4.79 Å². The number of nitrogens with one attached hydrogen (secondary N) is 1. The van der Waals surface area contributed by atoms with Crippen LogP contribution < -0.4 is 5.32 Å². The Morgan fingerprint density at radius 3 is 2.50 bits per heavy atom. The van der Waals surface area contributed by atoms with E-state index < -0.39 is 17.7 Å². The molecule has 1 atom stereocenters. The fourth-order valence-electron chi connectivity index (χ4n) is 2.59. The molecule has 5 nitrogen and oxygen atoms in total. The molecule has 0 spiro atoms. The Morgan fingerprint density at radius 2 is 1.92 bits per heavy atom. The van der Waals surface area contributed by atoms with E-state index in [-0.39, 0.29) is 0 Å². The molecule has 0 aliphatic rings. The summed E-state index contributed by atoms with van der Waals surface area (Å²) in [4.78, 5) is 27.7. The van der Waals surface area contributed by atoms with Gasteiger partial charge in [0.1, 0.15) is 11.9 Å². The van der Waals surface area contributed by atoms with Gasteiger partial charge in [0.05, 0.1) is 6.04 Å². The van der Waals surface area contributed by atoms with E-state index in [9.17, 15) is 9.59 Å². The SMILES string of the molecule is Cc1cc(CC(C=O)NC(=O)OC(C)(C)C)cnc1Cc1ccccc1. The first kappa shape index (κ1) is 19.6. The van der Waals surface area contributed by atoms with E-state index in [1.54, 1.807) is 27.0 Å². The molecule has 0 saturated heterocycles. The molecule has 26 heavy (non-hydrogen) atoms. The lowest BCUT2D eigenvalue weighted by Gasteiger charge is -2.21. The van der Waals surface area contributed by atoms with Crippen molar-refractivity contribution in [3.8, 4) is 0 Å². The number of alkyl carbamates (subject to hydrolysis) is 1. The summed E-state index contributed by atoms with van der Waals surface area (Å²) in [6.07, 6.45) is 3.03. The molecule has 2 rings (SSSR count). The van der Waals surface area contributed by atoms with Crippen molar-refractivity contribution < 1.29 is 14.3 Å². The summed E-state index contributed by atoms with van der Waals surface area (Å²) in [5.74, 6) is 0. The predicted octanol–water partition coefficient (Wildman–Crippen LogP) is 3.62. The molecule has 0 saturated carbocycles. The first-order valence-electron chi connectivity index (χ1n) is 8.70. The first-order chi connectivity index (χ1) is 12.3. The van der Waals surface area contributed by atoms with Gasteiger partial charge in [-0.05, 0) is 44.4 Å². The molecule has 1 heterocycles. The number of carbonyl (C=O) groups excluding carboxylic acids is 2. The standard InChI is InChI=1S/C21H26N2O3/c1-15-10-17(11-18(14-24)23-20(25)26-21(2,3)4)13-22-19(15)12-16-8-6-5-7-9-16/h5-10,13-14,18H,11-12H2,1-4H3,(H,23,25). The minimum atomic E-state index is -0.647. The molecule has 0 aliphatic carbocycles. The van der Waals surface area contributed by atoms with Gasteiger partial charge >= 0.3 is 6.09 Å². The monoisotopic (exact) mass is 354 g/mol. The van der Waals surface area contributed by atoms with E-state index in [1.807, 2.05) is 31.2 Å². The third kappa shape index (κ3) is 6.31. The molecule has 0 fully saturated rings. The normalized spacial score (nSPS) is 12.3. The first-order valence-corrected chi connectivity index (χ1v) is 8.70. The molecule has 0 aliphatic heterocycles. The van der Waals surface area contributed by atoms with Crippen molar-refractivity contribution >= 4 is 12.4 Å². The fourth-order valence-corrected chi connectivity index (χ4v) is 2.59. The zero-order valence-corrected chi connectivity index (χ0v) is 15.8. The lowest BCUT2D eigenvalue weighted by Crippen LogP contribution is -2.41. The molecule has 2 aromatic rings. The fraction of sp³-hybridized carbons (Fsp3) is 0.381. The Bertz CT molecular complexity index is 752. The molecule has 0 radical (unpaired) electrons. The lowest BCUT2D eigenvalue weighted by atomic mass is 10.0. The molecule has 0 bridgehead atoms. The van der Waals surface area contributed by atoms with Crippen LogP contribution in [0.2, 0.25) is 0 Å². The summed E-state index contributed by atoms with van der Waals surface area (Å²) in [6, 6.07) is 11.5. The Kier molecular flexibility index (Phi) is 6.50. The zero-order valence-electron chi connectivity index (χ0n) is 15.8. The van der Waals surface area contributed by atoms with Crippen LogP contribution in [0.1, 0.15) is 43.2 Å². The predicted molar refractivity (Wildman–Crippen MR) is 101 cm³/mol. The maximum Gasteiger partial charge on any atom is 0.408 e. The van der Waals surface area contributed by atoms with Gasteiger partial charge in [-0.15, -0.1) is 0 Å². The van der Waals surface area contributed by atoms with Gasteiger partial charge in [0.2, 0.25) is 0 Å². The van der Waals surface area contributed by atoms with Gasteiger partial charge in [0, 0.05) is 24.7 Å². The van der Waals surface area contributed by atoms with Gasteiger partial charge in [0.15, 0.2) is 0 Å². The maximum atomic E-state index is 11.8. The van der Waals surface area contributed by atoms with E-state index in [0.717, 1.165) is 29.5 Å². The number of benzene rings is 1. The summed E-state index contributed by atoms with van der Waals surface area (Å²) in [6.45, 7) is 7.34. The largest absolute Gasteiger partial charge is 0.444 e. The molecule has 1 amide bonds. The van der Waals surface area contributed by atoms with Crippen LogP contribution in [-0.2, 0) is 22.4 Å². The second-order valence-corrected chi connectivity index (χ2v) is 7.36. The molecule has 1 aromatic heterocycles. The van der Waals surface area contributed by atoms with Gasteiger partial charge in [-0.2, -0.15) is 0 Å². The number of pyridine rings is 1. The summed E-state index contributed by atoms with van der Waals surface area (Å²) in [5, 5.41) is 2.59. The number of carbonyl (C=O) groups is 2. The second-order valence-electron chi connectivity index (χ2n) is 7.36. The van der Waals surface area contributed by atoms with Crippen molar-refractivity contribution in [1.29, 1.82) is 0 Å². The average Bonchev–Trinajstić information content (AvgIpc) is 2.56. The molecule has 1 aromatic carbocycles. The van der Waals surface area contributed by atoms with Crippen LogP contribution >= 0.6 is 0 Å². The van der Waals surface area contributed by atoms with Gasteiger partial charge in [-0.1, -0.05) is 36.4 Å². The van der Waals surface area contributed by atoms with Crippen molar-refractivity contribution in [3.05, 3.63) is 65.0 Å². The number of aryl methyl sites for hydroxylation is 1. The maximum absolute atomic E-state index is 11.8. The topological polar surface area (TPSA) is 68.3 Å². The number of aldehydes is 1. The average molecular weight is 354 g/mol. The van der Waals surface area contributed by atoms with E-state index in [4.69, 9.17) is 4.74 Å². The Morgan fingerprint density at radius 1 is 1.23 bits per heavy atom. The molecule has 1 N–H and O–H groups in total. The molecular weight excluding hydrogens is 328 g/mol. The zero-order chi connectivity index (χ0) is 19.2. The summed E-state index contributed by atoms with van der Waals surface area (Å²) >= 11 is 0. The van der Waals surface area contributed by atoms with Crippen LogP contribution in [0.25, 0.3) is 0 Å². The number of hydrogen-bond donors (Lipinski definition) is 1. The molecule has 1 unspecified atom stereocenters. The Hall–Kier alpha value is -2.69. The van der Waals surface area contributed by atoms with Crippen LogP contribution in [0.3, 0.4) is 0 Å². The van der Waals surface area contributed by atoms with Gasteiger partial charge in [-0.3, -0.25) is 4.98 Å². The third-order valence-corrected chi connectivity index (χ3v) is 3.78. The van der Waals surface area contributed by atoms with Crippen molar-refractivity contribution in [1.82, 2.24) is 10.3 Å². The summed E-state index contributed by atoms with van der Waals surface area (Å²) < 4.78 is 5.19. The van der Waals surface area contributed by atoms with E-state index >= 15 is 0 Å². The van der Waals surface area contributed by atoms with E-state index in [1.165, 1.54) is 5.56 Å². The number of aromatic nitrogens is 1. The number of rotatable bonds is 6. The molecule has 138 valence electrons. The molecular formula is C21H26N2O3. The smallest absolute Gasteiger partial charge is 0.408 e. The highest BCUT2D eigenvalue weighted by molar-refractivity contribution is 5.73. The number of ether oxygens (including phenoxy) is 1. The van der Waals surface area contributed by atoms with Crippen LogP contribution in [0.15, 0.2) is 42.6 Å². The van der Waals surface area contributed by atoms with Crippen LogP contribution in [-0.4, -0.2) is 29.0 Å². The highest BCUT2D eigenvalue weighted by atomic mass is 16.6. The van der Waals surface area contributed by atoms with Crippen molar-refractivity contribution in [2.24, 2.45) is 0 Å². The quantitative estimate of drug-likeness (QED) is 0.805. The number of amides is 1. The van der Waals surface area contributed by atoms with Crippen molar-refractivity contribution in [3.63, 3.8) is 0 Å². The van der Waals surface area contributed by atoms with Crippen molar-refractivity contribution in [2.45, 2.75) is 52.2 Å². The number of hydrogen-bond acceptors (Lipinski definition) is 4. The van der Waals surface area contributed by atoms with Crippen LogP contribution in [0.5, 0.6) is 0 Å². The van der Waals surface area contributed by atoms with Crippen LogP contribution in [0, 0.1) is 6.92 Å². The summed E-state index contributed by atoms with van der Waals surface area (Å²) in [5.41, 5.74) is 3.56. The van der Waals surface area contributed by atoms with Gasteiger partial charge < -0.3 is 14.8 Å². The Balaban J connectivity index is 2.01. The Labute approximate surface area is 154 Å². The van der Waals surface area contributed by atoms with Gasteiger partial charge in [0.25, 0.3) is 0 Å². The second kappa shape index (κ2) is 8.61. The minimum Gasteiger partial charge on any atom is -0.444 e. The van der Waals surface area contributed by atoms with Crippen molar-refractivity contribution in [2.75, 3.05) is 0 Å². The van der Waals surface area contributed by atoms with E-state index in [0.29, 0.717) is 6.42 Å².